The average Bonchev–Trinajstić information content (AvgIpc) is 3.18. The number of ketones is 1. The zero-order valence-electron chi connectivity index (χ0n) is 16.0. The third kappa shape index (κ3) is 3.93. The quantitative estimate of drug-likeness (QED) is 0.393. The molecule has 148 valence electrons. The van der Waals surface area contributed by atoms with Gasteiger partial charge in [-0.3, -0.25) is 4.79 Å². The van der Waals surface area contributed by atoms with Crippen LogP contribution in [0.5, 0.6) is 5.75 Å². The average molecular weight is 427 g/mol. The van der Waals surface area contributed by atoms with Crippen LogP contribution in [-0.2, 0) is 17.6 Å². The van der Waals surface area contributed by atoms with Gasteiger partial charge in [-0.05, 0) is 85.0 Å². The molecule has 0 fully saturated rings. The summed E-state index contributed by atoms with van der Waals surface area (Å²) in [7, 11) is 1.65. The van der Waals surface area contributed by atoms with E-state index in [-0.39, 0.29) is 5.78 Å². The van der Waals surface area contributed by atoms with Crippen molar-refractivity contribution in [1.29, 1.82) is 0 Å². The number of ether oxygens (including phenoxy) is 2. The number of hydrogen-bond donors (Lipinski definition) is 0. The molecule has 6 heteroatoms. The molecule has 0 amide bonds. The molecule has 1 atom stereocenters. The Kier molecular flexibility index (Phi) is 5.43. The summed E-state index contributed by atoms with van der Waals surface area (Å²) >= 11 is 7.27. The molecule has 0 spiro atoms. The maximum Gasteiger partial charge on any atom is 0.349 e. The van der Waals surface area contributed by atoms with E-state index in [1.54, 1.807) is 38.3 Å². The number of benzene rings is 2. The van der Waals surface area contributed by atoms with Gasteiger partial charge >= 0.3 is 5.97 Å². The highest BCUT2D eigenvalue weighted by Gasteiger charge is 2.25. The van der Waals surface area contributed by atoms with Gasteiger partial charge in [-0.15, -0.1) is 11.3 Å². The lowest BCUT2D eigenvalue weighted by molar-refractivity contribution is 0.0323. The largest absolute Gasteiger partial charge is 0.497 e. The van der Waals surface area contributed by atoms with Crippen LogP contribution in [-0.4, -0.2) is 25.0 Å². The first-order valence-corrected chi connectivity index (χ1v) is 10.5. The predicted octanol–water partition coefficient (Wildman–Crippen LogP) is 5.60. The molecule has 1 aliphatic rings. The van der Waals surface area contributed by atoms with Crippen molar-refractivity contribution >= 4 is 34.7 Å². The summed E-state index contributed by atoms with van der Waals surface area (Å²) < 4.78 is 10.8. The fourth-order valence-corrected chi connectivity index (χ4v) is 4.74. The van der Waals surface area contributed by atoms with Crippen molar-refractivity contribution in [2.45, 2.75) is 25.9 Å². The van der Waals surface area contributed by atoms with Crippen LogP contribution in [0, 0.1) is 0 Å². The third-order valence-electron chi connectivity index (χ3n) is 5.01. The lowest BCUT2D eigenvalue weighted by atomic mass is 9.91. The highest BCUT2D eigenvalue weighted by atomic mass is 35.5. The van der Waals surface area contributed by atoms with Crippen molar-refractivity contribution in [3.8, 4) is 16.2 Å². The molecule has 0 radical (unpaired) electrons. The number of thiophene rings is 1. The van der Waals surface area contributed by atoms with E-state index in [0.29, 0.717) is 15.5 Å². The van der Waals surface area contributed by atoms with Gasteiger partial charge in [0.15, 0.2) is 6.10 Å². The molecule has 0 unspecified atom stereocenters. The maximum atomic E-state index is 12.7. The number of Topliss-reactive ketones (excluding diaryl/α,β-unsaturated/α-hetero) is 1. The Labute approximate surface area is 178 Å². The zero-order chi connectivity index (χ0) is 20.5. The summed E-state index contributed by atoms with van der Waals surface area (Å²) in [6.07, 6.45) is 0.883. The van der Waals surface area contributed by atoms with E-state index in [2.05, 4.69) is 0 Å². The molecule has 4 nitrogen and oxygen atoms in total. The normalized spacial score (nSPS) is 13.2. The first-order chi connectivity index (χ1) is 14.0. The fourth-order valence-electron chi connectivity index (χ4n) is 3.46. The van der Waals surface area contributed by atoms with Crippen LogP contribution in [0.1, 0.15) is 38.1 Å². The molecule has 1 heterocycles. The van der Waals surface area contributed by atoms with E-state index < -0.39 is 12.1 Å². The molecule has 0 aliphatic heterocycles. The van der Waals surface area contributed by atoms with Gasteiger partial charge in [-0.2, -0.15) is 0 Å². The van der Waals surface area contributed by atoms with E-state index in [1.165, 1.54) is 16.9 Å². The number of hydrogen-bond acceptors (Lipinski definition) is 5. The van der Waals surface area contributed by atoms with E-state index >= 15 is 0 Å². The topological polar surface area (TPSA) is 52.6 Å². The van der Waals surface area contributed by atoms with E-state index in [9.17, 15) is 9.59 Å². The summed E-state index contributed by atoms with van der Waals surface area (Å²) in [6.45, 7) is 1.59. The third-order valence-corrected chi connectivity index (χ3v) is 6.46. The second kappa shape index (κ2) is 8.01. The molecule has 29 heavy (non-hydrogen) atoms. The summed E-state index contributed by atoms with van der Waals surface area (Å²) in [4.78, 5) is 26.8. The lowest BCUT2D eigenvalue weighted by Gasteiger charge is -2.16. The number of esters is 1. The van der Waals surface area contributed by atoms with Crippen molar-refractivity contribution in [3.63, 3.8) is 0 Å². The molecule has 0 bridgehead atoms. The van der Waals surface area contributed by atoms with Gasteiger partial charge in [0, 0.05) is 15.5 Å². The number of aryl methyl sites for hydroxylation is 2. The highest BCUT2D eigenvalue weighted by molar-refractivity contribution is 7.17. The SMILES string of the molecule is COc1ccc2c(c1)CCc1cc(C(=O)O[C@@H](C)C(=O)c3ccc(Cl)cc3)sc1-2. The van der Waals surface area contributed by atoms with Gasteiger partial charge in [0.1, 0.15) is 10.6 Å². The highest BCUT2D eigenvalue weighted by Crippen LogP contribution is 2.41. The predicted molar refractivity (Wildman–Crippen MR) is 114 cm³/mol. The Bertz CT molecular complexity index is 1080. The van der Waals surface area contributed by atoms with Gasteiger partial charge in [0.25, 0.3) is 0 Å². The van der Waals surface area contributed by atoms with E-state index in [1.807, 2.05) is 24.3 Å². The first-order valence-electron chi connectivity index (χ1n) is 9.27. The van der Waals surface area contributed by atoms with Crippen LogP contribution in [0.3, 0.4) is 0 Å². The maximum absolute atomic E-state index is 12.7. The van der Waals surface area contributed by atoms with Gasteiger partial charge in [-0.1, -0.05) is 11.6 Å². The Hall–Kier alpha value is -2.63. The Morgan fingerprint density at radius 2 is 1.76 bits per heavy atom. The van der Waals surface area contributed by atoms with Crippen molar-refractivity contribution in [1.82, 2.24) is 0 Å². The lowest BCUT2D eigenvalue weighted by Crippen LogP contribution is -2.24. The summed E-state index contributed by atoms with van der Waals surface area (Å²) in [5.41, 5.74) is 3.94. The minimum atomic E-state index is -0.876. The van der Waals surface area contributed by atoms with Crippen LogP contribution < -0.4 is 4.74 Å². The molecule has 0 saturated heterocycles. The molecule has 2 aromatic carbocycles. The number of carbonyl (C=O) groups is 2. The minimum Gasteiger partial charge on any atom is -0.497 e. The molecule has 0 saturated carbocycles. The second-order valence-corrected chi connectivity index (χ2v) is 8.40. The molecular formula is C23H19ClO4S. The van der Waals surface area contributed by atoms with E-state index in [4.69, 9.17) is 21.1 Å². The van der Waals surface area contributed by atoms with Crippen LogP contribution in [0.2, 0.25) is 5.02 Å². The Balaban J connectivity index is 1.52. The number of fused-ring (bicyclic) bond motifs is 3. The standard InChI is InChI=1S/C23H19ClO4S/c1-13(21(25)14-5-7-17(24)8-6-14)28-23(26)20-12-16-4-3-15-11-18(27-2)9-10-19(15)22(16)29-20/h5-13H,3-4H2,1-2H3/t13-/m0/s1. The molecule has 1 aromatic heterocycles. The monoisotopic (exact) mass is 426 g/mol. The Morgan fingerprint density at radius 1 is 1.03 bits per heavy atom. The van der Waals surface area contributed by atoms with Crippen LogP contribution >= 0.6 is 22.9 Å². The van der Waals surface area contributed by atoms with Crippen molar-refractivity contribution in [2.24, 2.45) is 0 Å². The summed E-state index contributed by atoms with van der Waals surface area (Å²) in [6, 6.07) is 14.4. The summed E-state index contributed by atoms with van der Waals surface area (Å²) in [5.74, 6) is 0.0981. The van der Waals surface area contributed by atoms with Gasteiger partial charge in [0.05, 0.1) is 7.11 Å². The molecule has 1 aliphatic carbocycles. The molecular weight excluding hydrogens is 408 g/mol. The first kappa shape index (κ1) is 19.7. The van der Waals surface area contributed by atoms with Gasteiger partial charge in [0.2, 0.25) is 5.78 Å². The molecule has 4 rings (SSSR count). The van der Waals surface area contributed by atoms with E-state index in [0.717, 1.165) is 34.6 Å². The molecule has 0 N–H and O–H groups in total. The number of rotatable bonds is 5. The Morgan fingerprint density at radius 3 is 2.48 bits per heavy atom. The summed E-state index contributed by atoms with van der Waals surface area (Å²) in [5, 5.41) is 0.549. The molecule has 3 aromatic rings. The fraction of sp³-hybridized carbons (Fsp3) is 0.217. The van der Waals surface area contributed by atoms with Crippen LogP contribution in [0.25, 0.3) is 10.4 Å². The van der Waals surface area contributed by atoms with Crippen LogP contribution in [0.15, 0.2) is 48.5 Å². The van der Waals surface area contributed by atoms with Crippen LogP contribution in [0.4, 0.5) is 0 Å². The minimum absolute atomic E-state index is 0.256. The zero-order valence-corrected chi connectivity index (χ0v) is 17.6. The van der Waals surface area contributed by atoms with Crippen molar-refractivity contribution in [3.05, 3.63) is 75.1 Å². The second-order valence-electron chi connectivity index (χ2n) is 6.91. The van der Waals surface area contributed by atoms with Crippen molar-refractivity contribution < 1.29 is 19.1 Å². The van der Waals surface area contributed by atoms with Crippen molar-refractivity contribution in [2.75, 3.05) is 7.11 Å². The number of carbonyl (C=O) groups excluding carboxylic acids is 2. The number of halogens is 1. The van der Waals surface area contributed by atoms with Gasteiger partial charge in [-0.25, -0.2) is 4.79 Å². The smallest absolute Gasteiger partial charge is 0.349 e. The number of methoxy groups -OCH3 is 1. The van der Waals surface area contributed by atoms with Gasteiger partial charge < -0.3 is 9.47 Å².